The van der Waals surface area contributed by atoms with Crippen LogP contribution in [0, 0.1) is 72.3 Å². The van der Waals surface area contributed by atoms with E-state index in [0.717, 1.165) is 0 Å². The van der Waals surface area contributed by atoms with Crippen LogP contribution in [0.4, 0.5) is 0 Å². The first-order valence-electron chi connectivity index (χ1n) is 4.51. The molecule has 96 valence electrons. The molecule has 0 aromatic carbocycles. The van der Waals surface area contributed by atoms with Crippen molar-refractivity contribution in [2.45, 2.75) is 0 Å². The van der Waals surface area contributed by atoms with Crippen LogP contribution in [0.3, 0.4) is 0 Å². The van der Waals surface area contributed by atoms with Gasteiger partial charge in [-0.05, 0) is 23.7 Å². The van der Waals surface area contributed by atoms with E-state index >= 15 is 0 Å². The summed E-state index contributed by atoms with van der Waals surface area (Å²) < 4.78 is 0. The molecule has 1 heterocycles. The van der Waals surface area contributed by atoms with Crippen molar-refractivity contribution in [3.8, 4) is 72.3 Å². The lowest BCUT2D eigenvalue weighted by Gasteiger charge is -2.08. The molecule has 2 heteroatoms. The summed E-state index contributed by atoms with van der Waals surface area (Å²) in [6, 6.07) is 5.60. The van der Waals surface area contributed by atoms with Gasteiger partial charge >= 0.3 is 0 Å². The van der Waals surface area contributed by atoms with Gasteiger partial charge in [0.05, 0.1) is 0 Å². The van der Waals surface area contributed by atoms with Crippen molar-refractivity contribution < 1.29 is 14.3 Å². The fourth-order valence-electron chi connectivity index (χ4n) is 0.899. The number of nitrogens with zero attached hydrogens (tertiary/aromatic N) is 2. The molecule has 1 aliphatic rings. The number of terminal acetylenes is 2. The molecule has 0 amide bonds. The van der Waals surface area contributed by atoms with Crippen LogP contribution in [0.5, 0.6) is 0 Å². The van der Waals surface area contributed by atoms with Crippen molar-refractivity contribution in [3.63, 3.8) is 0 Å². The lowest BCUT2D eigenvalue weighted by Crippen LogP contribution is -2.17. The summed E-state index contributed by atoms with van der Waals surface area (Å²) in [5, 5.41) is 0. The van der Waals surface area contributed by atoms with Gasteiger partial charge in [-0.25, -0.2) is 0 Å². The zero-order valence-electron chi connectivity index (χ0n) is 8.91. The fraction of sp³-hybridized carbons (Fsp3) is 0.0667. The van der Waals surface area contributed by atoms with Crippen LogP contribution >= 0.6 is 0 Å². The second-order valence-corrected chi connectivity index (χ2v) is 2.64. The Morgan fingerprint density at radius 1 is 0.765 bits per heavy atom. The molecule has 0 saturated heterocycles. The molecule has 0 fully saturated rings. The maximum Gasteiger partial charge on any atom is 0.114 e. The topological polar surface area (TPSA) is 6.48 Å². The van der Waals surface area contributed by atoms with Crippen LogP contribution in [0.2, 0.25) is 0 Å². The summed E-state index contributed by atoms with van der Waals surface area (Å²) in [5.41, 5.74) is 0. The summed E-state index contributed by atoms with van der Waals surface area (Å²) in [5.74, 6) is 19.4. The third-order valence-electron chi connectivity index (χ3n) is 1.52. The van der Waals surface area contributed by atoms with Gasteiger partial charge in [-0.1, -0.05) is 0 Å². The van der Waals surface area contributed by atoms with Gasteiger partial charge in [0.25, 0.3) is 0 Å². The zero-order chi connectivity index (χ0) is 12.3. The Labute approximate surface area is 117 Å². The molecule has 0 spiro atoms. The SMILES string of the molecule is C#CC#CC#CN1C=CN(C#CC#CC#C)C1.[HH].[HH].[HH].[HH].[HH].[HH].[HH].[HH].[HH].[HH]. The molecule has 0 atom stereocenters. The predicted octanol–water partition coefficient (Wildman–Crippen LogP) is 2.69. The van der Waals surface area contributed by atoms with E-state index in [9.17, 15) is 0 Å². The zero-order valence-corrected chi connectivity index (χ0v) is 8.91. The summed E-state index contributed by atoms with van der Waals surface area (Å²) >= 11 is 0. The van der Waals surface area contributed by atoms with E-state index in [2.05, 4.69) is 59.5 Å². The fourth-order valence-corrected chi connectivity index (χ4v) is 0.899. The van der Waals surface area contributed by atoms with Gasteiger partial charge in [-0.2, -0.15) is 0 Å². The van der Waals surface area contributed by atoms with Gasteiger partial charge in [0.15, 0.2) is 0 Å². The van der Waals surface area contributed by atoms with Crippen molar-refractivity contribution in [1.29, 1.82) is 0 Å². The average molecular weight is 234 g/mol. The van der Waals surface area contributed by atoms with Gasteiger partial charge in [0, 0.05) is 62.4 Å². The van der Waals surface area contributed by atoms with E-state index in [1.54, 1.807) is 22.2 Å². The minimum absolute atomic E-state index is 0. The molecule has 0 aromatic rings. The summed E-state index contributed by atoms with van der Waals surface area (Å²) in [4.78, 5) is 3.46. The standard InChI is InChI=1S/C15H6N2.10H2/c1-3-5-7-9-11-16-13-14-17(15-16)12-10-8-6-4-2;;;;;;;;;;/h1-2,13-14H,15H2;10*1H. The largest absolute Gasteiger partial charge is 0.286 e. The third-order valence-corrected chi connectivity index (χ3v) is 1.52. The maximum absolute atomic E-state index is 4.95. The molecule has 1 aliphatic heterocycles. The molecular weight excluding hydrogens is 208 g/mol. The average Bonchev–Trinajstić information content (AvgIpc) is 2.78. The Balaban J connectivity index is -0.0000000361. The Bertz CT molecular complexity index is 605. The van der Waals surface area contributed by atoms with Gasteiger partial charge in [0.1, 0.15) is 6.67 Å². The molecule has 1 rings (SSSR count). The molecule has 0 aromatic heterocycles. The summed E-state index contributed by atoms with van der Waals surface area (Å²) in [6.45, 7) is 0.537. The monoisotopic (exact) mass is 234 g/mol. The Morgan fingerprint density at radius 2 is 1.24 bits per heavy atom. The Kier molecular flexibility index (Phi) is 4.88. The normalized spacial score (nSPS) is 10.0. The molecule has 0 bridgehead atoms. The van der Waals surface area contributed by atoms with E-state index in [0.29, 0.717) is 6.67 Å². The molecule has 2 nitrogen and oxygen atoms in total. The van der Waals surface area contributed by atoms with Crippen LogP contribution in [0.15, 0.2) is 12.4 Å². The van der Waals surface area contributed by atoms with Crippen molar-refractivity contribution in [1.82, 2.24) is 9.80 Å². The highest BCUT2D eigenvalue weighted by Gasteiger charge is 2.06. The number of hydrogen-bond donors (Lipinski definition) is 0. The van der Waals surface area contributed by atoms with Gasteiger partial charge in [0.2, 0.25) is 0 Å². The van der Waals surface area contributed by atoms with Crippen molar-refractivity contribution in [2.24, 2.45) is 0 Å². The Morgan fingerprint density at radius 3 is 1.65 bits per heavy atom. The highest BCUT2D eigenvalue weighted by atomic mass is 15.3. The van der Waals surface area contributed by atoms with Crippen molar-refractivity contribution in [3.05, 3.63) is 12.4 Å². The van der Waals surface area contributed by atoms with E-state index in [-0.39, 0.29) is 14.3 Å². The second-order valence-electron chi connectivity index (χ2n) is 2.64. The van der Waals surface area contributed by atoms with E-state index in [1.807, 2.05) is 0 Å². The highest BCUT2D eigenvalue weighted by Crippen LogP contribution is 2.02. The van der Waals surface area contributed by atoms with Gasteiger partial charge in [-0.3, -0.25) is 9.80 Å². The molecule has 0 unspecified atom stereocenters. The predicted molar refractivity (Wildman–Crippen MR) is 87.6 cm³/mol. The smallest absolute Gasteiger partial charge is 0.114 e. The second kappa shape index (κ2) is 7.05. The van der Waals surface area contributed by atoms with E-state index in [4.69, 9.17) is 12.8 Å². The van der Waals surface area contributed by atoms with E-state index < -0.39 is 0 Å². The number of hydrogen-bond acceptors (Lipinski definition) is 2. The molecule has 17 heavy (non-hydrogen) atoms. The lowest BCUT2D eigenvalue weighted by atomic mass is 10.6. The molecule has 0 N–H and O–H groups in total. The van der Waals surface area contributed by atoms with Crippen LogP contribution in [-0.2, 0) is 0 Å². The highest BCUT2D eigenvalue weighted by molar-refractivity contribution is 5.35. The Hall–Kier alpha value is -3.30. The first-order valence-corrected chi connectivity index (χ1v) is 4.51. The van der Waals surface area contributed by atoms with Gasteiger partial charge in [-0.15, -0.1) is 12.8 Å². The van der Waals surface area contributed by atoms with Crippen LogP contribution in [-0.4, -0.2) is 16.5 Å². The van der Waals surface area contributed by atoms with Crippen LogP contribution in [0.1, 0.15) is 14.3 Å². The third kappa shape index (κ3) is 4.64. The summed E-state index contributed by atoms with van der Waals surface area (Å²) in [6.07, 6.45) is 13.5. The van der Waals surface area contributed by atoms with Crippen molar-refractivity contribution >= 4 is 0 Å². The van der Waals surface area contributed by atoms with E-state index in [1.165, 1.54) is 0 Å². The summed E-state index contributed by atoms with van der Waals surface area (Å²) in [7, 11) is 0. The van der Waals surface area contributed by atoms with Crippen molar-refractivity contribution in [2.75, 3.05) is 6.67 Å². The minimum atomic E-state index is 0. The van der Waals surface area contributed by atoms with Gasteiger partial charge < -0.3 is 0 Å². The van der Waals surface area contributed by atoms with Crippen LogP contribution in [0.25, 0.3) is 0 Å². The maximum atomic E-state index is 4.95. The molecule has 0 aliphatic carbocycles. The van der Waals surface area contributed by atoms with Crippen LogP contribution < -0.4 is 0 Å². The molecule has 0 saturated carbocycles. The quantitative estimate of drug-likeness (QED) is 0.595. The number of rotatable bonds is 0. The molecule has 0 radical (unpaired) electrons. The first-order chi connectivity index (χ1) is 8.36. The lowest BCUT2D eigenvalue weighted by molar-refractivity contribution is 0.422. The minimum Gasteiger partial charge on any atom is -0.286 e. The molecular formula is C15H26N2. The first kappa shape index (κ1) is 11.8.